The van der Waals surface area contributed by atoms with Gasteiger partial charge in [0.15, 0.2) is 6.29 Å². The van der Waals surface area contributed by atoms with Gasteiger partial charge in [-0.15, -0.1) is 0 Å². The van der Waals surface area contributed by atoms with Crippen LogP contribution in [0.5, 0.6) is 0 Å². The van der Waals surface area contributed by atoms with Crippen molar-refractivity contribution >= 4 is 5.97 Å². The van der Waals surface area contributed by atoms with Gasteiger partial charge in [0.05, 0.1) is 25.4 Å². The molecular formula is C20H38N2O13. The first-order chi connectivity index (χ1) is 16.5. The van der Waals surface area contributed by atoms with E-state index in [1.807, 2.05) is 0 Å². The van der Waals surface area contributed by atoms with Gasteiger partial charge in [-0.3, -0.25) is 0 Å². The monoisotopic (exact) mass is 514 g/mol. The second-order valence-corrected chi connectivity index (χ2v) is 8.78. The molecule has 0 radical (unpaired) electrons. The van der Waals surface area contributed by atoms with Gasteiger partial charge in [0.2, 0.25) is 0 Å². The first kappa shape index (κ1) is 30.2. The molecule has 0 aromatic carbocycles. The Kier molecular flexibility index (Phi) is 11.6. The Balaban J connectivity index is 2.11. The molecule has 0 amide bonds. The fraction of sp³-hybridized carbons (Fsp3) is 0.950. The second kappa shape index (κ2) is 13.5. The molecule has 0 saturated carbocycles. The lowest BCUT2D eigenvalue weighted by atomic mass is 9.89. The topological polar surface area (TPSA) is 268 Å². The molecule has 0 aromatic heterocycles. The molecule has 15 nitrogen and oxygen atoms in total. The third-order valence-electron chi connectivity index (χ3n) is 6.15. The molecule has 2 saturated heterocycles. The number of carbonyl (C=O) groups is 1. The summed E-state index contributed by atoms with van der Waals surface area (Å²) >= 11 is 0. The van der Waals surface area contributed by atoms with Gasteiger partial charge in [0, 0.05) is 13.0 Å². The number of ether oxygens (including phenoxy) is 4. The van der Waals surface area contributed by atoms with Gasteiger partial charge in [0.1, 0.15) is 42.7 Å². The number of hydrogen-bond acceptors (Lipinski definition) is 14. The molecular weight excluding hydrogens is 476 g/mol. The number of unbranched alkanes of at least 4 members (excludes halogenated alkanes) is 2. The quantitative estimate of drug-likeness (QED) is 0.103. The second-order valence-electron chi connectivity index (χ2n) is 8.78. The van der Waals surface area contributed by atoms with Crippen LogP contribution in [0.25, 0.3) is 0 Å². The summed E-state index contributed by atoms with van der Waals surface area (Å²) in [5.74, 6) is -4.29. The molecule has 2 heterocycles. The van der Waals surface area contributed by atoms with E-state index in [9.17, 15) is 40.5 Å². The van der Waals surface area contributed by atoms with Crippen LogP contribution >= 0.6 is 0 Å². The van der Waals surface area contributed by atoms with E-state index in [1.54, 1.807) is 0 Å². The molecule has 0 spiro atoms. The van der Waals surface area contributed by atoms with Crippen LogP contribution in [0.3, 0.4) is 0 Å². The summed E-state index contributed by atoms with van der Waals surface area (Å²) in [5.41, 5.74) is 11.2. The highest BCUT2D eigenvalue weighted by Crippen LogP contribution is 2.34. The summed E-state index contributed by atoms with van der Waals surface area (Å²) in [6.07, 6.45) is -13.1. The largest absolute Gasteiger partial charge is 0.477 e. The maximum atomic E-state index is 12.1. The van der Waals surface area contributed by atoms with Gasteiger partial charge < -0.3 is 71.3 Å². The average molecular weight is 515 g/mol. The highest BCUT2D eigenvalue weighted by Gasteiger charge is 2.55. The molecule has 12 N–H and O–H groups in total. The predicted molar refractivity (Wildman–Crippen MR) is 114 cm³/mol. The number of aliphatic hydroxyl groups is 7. The molecule has 2 fully saturated rings. The summed E-state index contributed by atoms with van der Waals surface area (Å²) in [4.78, 5) is 12.1. The number of carboxylic acid groups (broad SMARTS) is 1. The van der Waals surface area contributed by atoms with Gasteiger partial charge in [-0.2, -0.15) is 0 Å². The number of aliphatic carboxylic acids is 1. The minimum absolute atomic E-state index is 0.164. The van der Waals surface area contributed by atoms with Crippen LogP contribution in [-0.2, 0) is 23.7 Å². The summed E-state index contributed by atoms with van der Waals surface area (Å²) in [5, 5.41) is 79.8. The van der Waals surface area contributed by atoms with E-state index in [0.717, 1.165) is 12.8 Å². The molecule has 3 unspecified atom stereocenters. The van der Waals surface area contributed by atoms with Crippen molar-refractivity contribution in [1.82, 2.24) is 0 Å². The van der Waals surface area contributed by atoms with E-state index in [0.29, 0.717) is 13.0 Å². The van der Waals surface area contributed by atoms with E-state index in [1.165, 1.54) is 0 Å². The number of hydrogen-bond donors (Lipinski definition) is 10. The van der Waals surface area contributed by atoms with Crippen molar-refractivity contribution in [3.05, 3.63) is 0 Å². The van der Waals surface area contributed by atoms with Crippen molar-refractivity contribution in [3.63, 3.8) is 0 Å². The SMILES string of the molecule is NCCCCCO[C@H]1OC(CO[C@]2(C(=O)O)C[C@@H](O)[C@@H](N)C([C@H](O)[C@H](O)CO)O2)[C@H](O)[C@H](O)C1O. The Morgan fingerprint density at radius 2 is 1.77 bits per heavy atom. The highest BCUT2D eigenvalue weighted by atomic mass is 16.7. The molecule has 35 heavy (non-hydrogen) atoms. The Hall–Kier alpha value is -1.05. The number of rotatable bonds is 13. The summed E-state index contributed by atoms with van der Waals surface area (Å²) in [7, 11) is 0. The standard InChI is InChI=1S/C20H38N2O13/c21-4-2-1-3-5-32-18-16(29)15(28)14(27)11(34-18)8-33-20(19(30)31)6-9(24)12(22)17(35-20)13(26)10(25)7-23/h9-18,23-29H,1-8,21-22H2,(H,30,31)/t9-,10-,11?,12-,13-,14+,15+,16?,17?,18+,20-/m1/s1. The van der Waals surface area contributed by atoms with E-state index < -0.39 is 92.6 Å². The summed E-state index contributed by atoms with van der Waals surface area (Å²) in [6, 6.07) is -1.33. The predicted octanol–water partition coefficient (Wildman–Crippen LogP) is -5.07. The fourth-order valence-electron chi connectivity index (χ4n) is 3.92. The van der Waals surface area contributed by atoms with E-state index in [-0.39, 0.29) is 6.61 Å². The van der Waals surface area contributed by atoms with Crippen LogP contribution in [0.1, 0.15) is 25.7 Å². The number of aliphatic hydroxyl groups excluding tert-OH is 7. The van der Waals surface area contributed by atoms with E-state index >= 15 is 0 Å². The molecule has 206 valence electrons. The van der Waals surface area contributed by atoms with E-state index in [4.69, 9.17) is 35.5 Å². The lowest BCUT2D eigenvalue weighted by Gasteiger charge is -2.46. The molecule has 0 aliphatic carbocycles. The number of carboxylic acids is 1. The normalized spacial score (nSPS) is 39.8. The molecule has 15 heteroatoms. The van der Waals surface area contributed by atoms with Crippen molar-refractivity contribution in [2.75, 3.05) is 26.4 Å². The first-order valence-electron chi connectivity index (χ1n) is 11.5. The van der Waals surface area contributed by atoms with Crippen LogP contribution in [0.15, 0.2) is 0 Å². The van der Waals surface area contributed by atoms with Crippen LogP contribution in [-0.4, -0.2) is 140 Å². The lowest BCUT2D eigenvalue weighted by molar-refractivity contribution is -0.337. The van der Waals surface area contributed by atoms with Crippen LogP contribution in [0.2, 0.25) is 0 Å². The highest BCUT2D eigenvalue weighted by molar-refractivity contribution is 5.76. The number of nitrogens with two attached hydrogens (primary N) is 2. The van der Waals surface area contributed by atoms with Crippen molar-refractivity contribution < 1.29 is 64.6 Å². The Morgan fingerprint density at radius 1 is 1.09 bits per heavy atom. The summed E-state index contributed by atoms with van der Waals surface area (Å²) < 4.78 is 21.7. The Morgan fingerprint density at radius 3 is 2.37 bits per heavy atom. The summed E-state index contributed by atoms with van der Waals surface area (Å²) in [6.45, 7) is -0.911. The minimum atomic E-state index is -2.58. The van der Waals surface area contributed by atoms with Gasteiger partial charge >= 0.3 is 5.97 Å². The van der Waals surface area contributed by atoms with Crippen molar-refractivity contribution in [2.24, 2.45) is 11.5 Å². The Bertz CT molecular complexity index is 661. The zero-order valence-electron chi connectivity index (χ0n) is 19.2. The van der Waals surface area contributed by atoms with Crippen molar-refractivity contribution in [1.29, 1.82) is 0 Å². The lowest BCUT2D eigenvalue weighted by Crippen LogP contribution is -2.67. The fourth-order valence-corrected chi connectivity index (χ4v) is 3.92. The van der Waals surface area contributed by atoms with Gasteiger partial charge in [-0.25, -0.2) is 4.79 Å². The zero-order valence-corrected chi connectivity index (χ0v) is 19.2. The third-order valence-corrected chi connectivity index (χ3v) is 6.15. The van der Waals surface area contributed by atoms with Crippen molar-refractivity contribution in [2.45, 2.75) is 92.6 Å². The maximum absolute atomic E-state index is 12.1. The zero-order chi connectivity index (χ0) is 26.3. The van der Waals surface area contributed by atoms with Crippen LogP contribution in [0, 0.1) is 0 Å². The minimum Gasteiger partial charge on any atom is -0.477 e. The Labute approximate surface area is 201 Å². The smallest absolute Gasteiger partial charge is 0.364 e. The van der Waals surface area contributed by atoms with Gasteiger partial charge in [-0.05, 0) is 25.8 Å². The molecule has 2 aliphatic heterocycles. The average Bonchev–Trinajstić information content (AvgIpc) is 2.83. The maximum Gasteiger partial charge on any atom is 0.364 e. The molecule has 2 aliphatic rings. The van der Waals surface area contributed by atoms with Gasteiger partial charge in [-0.1, -0.05) is 0 Å². The van der Waals surface area contributed by atoms with Gasteiger partial charge in [0.25, 0.3) is 5.79 Å². The van der Waals surface area contributed by atoms with Crippen LogP contribution in [0.4, 0.5) is 0 Å². The van der Waals surface area contributed by atoms with Crippen molar-refractivity contribution in [3.8, 4) is 0 Å². The third kappa shape index (κ3) is 7.26. The first-order valence-corrected chi connectivity index (χ1v) is 11.5. The molecule has 2 rings (SSSR count). The molecule has 0 bridgehead atoms. The molecule has 0 aromatic rings. The van der Waals surface area contributed by atoms with E-state index in [2.05, 4.69) is 0 Å². The molecule has 11 atom stereocenters. The van der Waals surface area contributed by atoms with Crippen LogP contribution < -0.4 is 11.5 Å².